The van der Waals surface area contributed by atoms with Gasteiger partial charge in [0, 0.05) is 40.6 Å². The number of nitro groups is 1. The normalized spacial score (nSPS) is 13.1. The lowest BCUT2D eigenvalue weighted by Crippen LogP contribution is -2.29. The molecule has 2 aromatic rings. The van der Waals surface area contributed by atoms with Crippen molar-refractivity contribution in [2.45, 2.75) is 17.9 Å². The van der Waals surface area contributed by atoms with E-state index in [0.717, 1.165) is 5.56 Å². The number of carbonyl (C=O) groups is 1. The molecule has 2 atom stereocenters. The summed E-state index contributed by atoms with van der Waals surface area (Å²) in [5, 5.41) is 11.0. The molecule has 0 aliphatic rings. The predicted molar refractivity (Wildman–Crippen MR) is 100 cm³/mol. The maximum absolute atomic E-state index is 12.7. The van der Waals surface area contributed by atoms with Crippen molar-refractivity contribution in [1.82, 2.24) is 4.90 Å². The lowest BCUT2D eigenvalue weighted by atomic mass is 10.1. The second-order valence-corrected chi connectivity index (χ2v) is 7.77. The van der Waals surface area contributed by atoms with Crippen LogP contribution >= 0.6 is 15.9 Å². The highest BCUT2D eigenvalue weighted by Gasteiger charge is 2.22. The first-order chi connectivity index (χ1) is 11.7. The number of amides is 1. The van der Waals surface area contributed by atoms with E-state index in [9.17, 15) is 19.1 Å². The summed E-state index contributed by atoms with van der Waals surface area (Å²) in [6.07, 6.45) is 1.61. The van der Waals surface area contributed by atoms with Crippen molar-refractivity contribution in [3.05, 3.63) is 68.2 Å². The zero-order valence-corrected chi connectivity index (χ0v) is 16.3. The van der Waals surface area contributed by atoms with E-state index in [4.69, 9.17) is 0 Å². The lowest BCUT2D eigenvalue weighted by molar-refractivity contribution is -0.385. The number of nitro benzene ring substituents is 1. The highest BCUT2D eigenvalue weighted by Crippen LogP contribution is 2.28. The van der Waals surface area contributed by atoms with Gasteiger partial charge in [-0.2, -0.15) is 0 Å². The van der Waals surface area contributed by atoms with Crippen molar-refractivity contribution in [1.29, 1.82) is 0 Å². The van der Waals surface area contributed by atoms with Crippen LogP contribution in [0.15, 0.2) is 51.8 Å². The summed E-state index contributed by atoms with van der Waals surface area (Å²) in [5.41, 5.74) is 0.980. The van der Waals surface area contributed by atoms with E-state index in [0.29, 0.717) is 9.37 Å². The van der Waals surface area contributed by atoms with Crippen molar-refractivity contribution in [3.63, 3.8) is 0 Å². The van der Waals surface area contributed by atoms with Crippen molar-refractivity contribution in [3.8, 4) is 0 Å². The Kier molecular flexibility index (Phi) is 6.07. The van der Waals surface area contributed by atoms with E-state index in [-0.39, 0.29) is 23.2 Å². The molecule has 0 aliphatic heterocycles. The monoisotopic (exact) mass is 424 g/mol. The van der Waals surface area contributed by atoms with Crippen LogP contribution in [0.5, 0.6) is 0 Å². The first-order valence-corrected chi connectivity index (χ1v) is 9.72. The summed E-state index contributed by atoms with van der Waals surface area (Å²) in [7, 11) is 0.588. The lowest BCUT2D eigenvalue weighted by Gasteiger charge is -2.25. The molecule has 0 bridgehead atoms. The Bertz CT molecular complexity index is 839. The molecule has 0 N–H and O–H groups in total. The molecule has 132 valence electrons. The summed E-state index contributed by atoms with van der Waals surface area (Å²) in [6.45, 7) is 1.86. The predicted octanol–water partition coefficient (Wildman–Crippen LogP) is 3.93. The van der Waals surface area contributed by atoms with Gasteiger partial charge in [-0.05, 0) is 52.7 Å². The van der Waals surface area contributed by atoms with E-state index in [1.165, 1.54) is 17.0 Å². The number of nitrogens with zero attached hydrogens (tertiary/aromatic N) is 2. The summed E-state index contributed by atoms with van der Waals surface area (Å²) < 4.78 is 11.8. The fraction of sp³-hybridized carbons (Fsp3) is 0.235. The van der Waals surface area contributed by atoms with E-state index in [1.807, 2.05) is 19.1 Å². The van der Waals surface area contributed by atoms with E-state index in [1.54, 1.807) is 31.5 Å². The summed E-state index contributed by atoms with van der Waals surface area (Å²) in [6, 6.07) is 11.3. The van der Waals surface area contributed by atoms with Gasteiger partial charge < -0.3 is 4.90 Å². The van der Waals surface area contributed by atoms with Crippen LogP contribution < -0.4 is 0 Å². The Morgan fingerprint density at radius 1 is 1.24 bits per heavy atom. The molecule has 0 unspecified atom stereocenters. The summed E-state index contributed by atoms with van der Waals surface area (Å²) in [5.74, 6) is -0.314. The second-order valence-electron chi connectivity index (χ2n) is 5.54. The molecular weight excluding hydrogens is 408 g/mol. The molecule has 2 aromatic carbocycles. The van der Waals surface area contributed by atoms with Crippen molar-refractivity contribution in [2.24, 2.45) is 0 Å². The van der Waals surface area contributed by atoms with E-state index < -0.39 is 15.7 Å². The average Bonchev–Trinajstić information content (AvgIpc) is 2.60. The van der Waals surface area contributed by atoms with Gasteiger partial charge in [0.25, 0.3) is 11.6 Å². The Morgan fingerprint density at radius 3 is 2.36 bits per heavy atom. The smallest absolute Gasteiger partial charge is 0.284 e. The molecule has 0 radical (unpaired) electrons. The van der Waals surface area contributed by atoms with Gasteiger partial charge >= 0.3 is 0 Å². The van der Waals surface area contributed by atoms with Gasteiger partial charge in [0.2, 0.25) is 0 Å². The molecule has 0 aromatic heterocycles. The number of halogens is 1. The third kappa shape index (κ3) is 4.32. The molecule has 25 heavy (non-hydrogen) atoms. The van der Waals surface area contributed by atoms with Gasteiger partial charge in [-0.15, -0.1) is 0 Å². The molecule has 0 heterocycles. The number of hydrogen-bond donors (Lipinski definition) is 0. The van der Waals surface area contributed by atoms with Crippen LogP contribution in [0.3, 0.4) is 0 Å². The highest BCUT2D eigenvalue weighted by atomic mass is 79.9. The van der Waals surface area contributed by atoms with Crippen LogP contribution in [0.2, 0.25) is 0 Å². The highest BCUT2D eigenvalue weighted by molar-refractivity contribution is 9.10. The van der Waals surface area contributed by atoms with Crippen molar-refractivity contribution >= 4 is 38.3 Å². The van der Waals surface area contributed by atoms with Crippen LogP contribution in [0.4, 0.5) is 5.69 Å². The standard InChI is InChI=1S/C17H17BrN2O4S/c1-11(12-4-7-14(8-5-12)25(3)24)19(2)17(21)13-6-9-15(18)16(10-13)20(22)23/h4-11H,1-3H3/t11-,25-/m0/s1. The molecule has 2 rings (SSSR count). The maximum atomic E-state index is 12.7. The van der Waals surface area contributed by atoms with Gasteiger partial charge in [-0.1, -0.05) is 12.1 Å². The van der Waals surface area contributed by atoms with Crippen LogP contribution in [0, 0.1) is 10.1 Å². The molecule has 0 saturated heterocycles. The third-order valence-corrected chi connectivity index (χ3v) is 5.59. The van der Waals surface area contributed by atoms with Crippen LogP contribution in [-0.2, 0) is 10.8 Å². The van der Waals surface area contributed by atoms with Gasteiger partial charge in [0.15, 0.2) is 0 Å². The SMILES string of the molecule is C[C@@H](c1ccc([S@](C)=O)cc1)N(C)C(=O)c1ccc(Br)c([N+](=O)[O-])c1. The maximum Gasteiger partial charge on any atom is 0.284 e. The molecule has 8 heteroatoms. The zero-order valence-electron chi connectivity index (χ0n) is 13.9. The molecule has 6 nitrogen and oxygen atoms in total. The molecule has 0 aliphatic carbocycles. The fourth-order valence-electron chi connectivity index (χ4n) is 2.33. The number of benzene rings is 2. The Balaban J connectivity index is 2.25. The summed E-state index contributed by atoms with van der Waals surface area (Å²) >= 11 is 3.11. The first-order valence-electron chi connectivity index (χ1n) is 7.37. The number of hydrogen-bond acceptors (Lipinski definition) is 4. The van der Waals surface area contributed by atoms with E-state index in [2.05, 4.69) is 15.9 Å². The summed E-state index contributed by atoms with van der Waals surface area (Å²) in [4.78, 5) is 25.4. The van der Waals surface area contributed by atoms with Crippen LogP contribution in [0.25, 0.3) is 0 Å². The molecule has 0 fully saturated rings. The topological polar surface area (TPSA) is 80.5 Å². The Labute approximate surface area is 156 Å². The molecule has 1 amide bonds. The third-order valence-electron chi connectivity index (χ3n) is 3.99. The minimum atomic E-state index is -1.06. The average molecular weight is 425 g/mol. The molecular formula is C17H17BrN2O4S. The zero-order chi connectivity index (χ0) is 18.7. The Hall–Kier alpha value is -2.06. The number of rotatable bonds is 5. The quantitative estimate of drug-likeness (QED) is 0.537. The van der Waals surface area contributed by atoms with Gasteiger partial charge in [-0.25, -0.2) is 0 Å². The number of carbonyl (C=O) groups excluding carboxylic acids is 1. The molecule has 0 saturated carbocycles. The second kappa shape index (κ2) is 7.88. The minimum absolute atomic E-state index is 0.151. The first kappa shape index (κ1) is 19.3. The van der Waals surface area contributed by atoms with Crippen molar-refractivity contribution in [2.75, 3.05) is 13.3 Å². The van der Waals surface area contributed by atoms with Gasteiger partial charge in [0.1, 0.15) is 0 Å². The van der Waals surface area contributed by atoms with Gasteiger partial charge in [0.05, 0.1) is 15.4 Å². The fourth-order valence-corrected chi connectivity index (χ4v) is 3.24. The largest absolute Gasteiger partial charge is 0.335 e. The molecule has 0 spiro atoms. The van der Waals surface area contributed by atoms with Crippen LogP contribution in [0.1, 0.15) is 28.9 Å². The van der Waals surface area contributed by atoms with Crippen molar-refractivity contribution < 1.29 is 13.9 Å². The minimum Gasteiger partial charge on any atom is -0.335 e. The van der Waals surface area contributed by atoms with Crippen LogP contribution in [-0.4, -0.2) is 33.2 Å². The van der Waals surface area contributed by atoms with E-state index >= 15 is 0 Å². The van der Waals surface area contributed by atoms with Gasteiger partial charge in [-0.3, -0.25) is 19.1 Å². The Morgan fingerprint density at radius 2 is 1.84 bits per heavy atom.